The van der Waals surface area contributed by atoms with E-state index in [1.165, 1.54) is 44.1 Å². The topological polar surface area (TPSA) is 21.3 Å². The highest BCUT2D eigenvalue weighted by molar-refractivity contribution is 5.27. The zero-order valence-electron chi connectivity index (χ0n) is 13.5. The number of unbranched alkanes of at least 4 members (excludes halogenated alkanes) is 3. The summed E-state index contributed by atoms with van der Waals surface area (Å²) in [5.74, 6) is 0.940. The van der Waals surface area contributed by atoms with Crippen molar-refractivity contribution in [2.24, 2.45) is 0 Å². The van der Waals surface area contributed by atoms with Crippen molar-refractivity contribution in [3.63, 3.8) is 0 Å². The molecule has 0 saturated carbocycles. The van der Waals surface area contributed by atoms with Crippen molar-refractivity contribution in [1.29, 1.82) is 0 Å². The van der Waals surface area contributed by atoms with Crippen molar-refractivity contribution in [3.05, 3.63) is 29.8 Å². The lowest BCUT2D eigenvalue weighted by Crippen LogP contribution is -2.31. The standard InChI is InChI=1S/C18H31NO/c1-4-6-7-8-9-17(19-14-5-2)15-16-10-12-18(20-3)13-11-16/h10-13,17,19H,4-9,14-15H2,1-3H3. The first-order valence-corrected chi connectivity index (χ1v) is 8.16. The average Bonchev–Trinajstić information content (AvgIpc) is 2.49. The molecule has 0 aliphatic heterocycles. The summed E-state index contributed by atoms with van der Waals surface area (Å²) < 4.78 is 5.22. The summed E-state index contributed by atoms with van der Waals surface area (Å²) in [7, 11) is 1.72. The third-order valence-electron chi connectivity index (χ3n) is 3.73. The number of nitrogens with one attached hydrogen (secondary N) is 1. The Hall–Kier alpha value is -1.02. The highest BCUT2D eigenvalue weighted by atomic mass is 16.5. The Kier molecular flexibility index (Phi) is 9.14. The van der Waals surface area contributed by atoms with Gasteiger partial charge >= 0.3 is 0 Å². The minimum absolute atomic E-state index is 0.611. The van der Waals surface area contributed by atoms with Crippen LogP contribution in [0.5, 0.6) is 5.75 Å². The van der Waals surface area contributed by atoms with Gasteiger partial charge in [0, 0.05) is 6.04 Å². The number of hydrogen-bond donors (Lipinski definition) is 1. The molecule has 0 aromatic heterocycles. The molecule has 114 valence electrons. The van der Waals surface area contributed by atoms with Gasteiger partial charge in [0.25, 0.3) is 0 Å². The second-order valence-corrected chi connectivity index (χ2v) is 5.55. The zero-order valence-corrected chi connectivity index (χ0v) is 13.5. The molecule has 1 N–H and O–H groups in total. The Morgan fingerprint density at radius 2 is 1.75 bits per heavy atom. The van der Waals surface area contributed by atoms with Crippen LogP contribution < -0.4 is 10.1 Å². The van der Waals surface area contributed by atoms with Crippen LogP contribution in [0.25, 0.3) is 0 Å². The van der Waals surface area contributed by atoms with Crippen LogP contribution >= 0.6 is 0 Å². The molecule has 0 aliphatic carbocycles. The third kappa shape index (κ3) is 6.95. The fourth-order valence-electron chi connectivity index (χ4n) is 2.49. The average molecular weight is 277 g/mol. The smallest absolute Gasteiger partial charge is 0.118 e. The first-order valence-electron chi connectivity index (χ1n) is 8.16. The van der Waals surface area contributed by atoms with Gasteiger partial charge in [-0.25, -0.2) is 0 Å². The molecular weight excluding hydrogens is 246 g/mol. The molecule has 2 heteroatoms. The van der Waals surface area contributed by atoms with Crippen molar-refractivity contribution < 1.29 is 4.74 Å². The van der Waals surface area contributed by atoms with Crippen molar-refractivity contribution in [2.75, 3.05) is 13.7 Å². The lowest BCUT2D eigenvalue weighted by Gasteiger charge is -2.19. The molecule has 2 nitrogen and oxygen atoms in total. The highest BCUT2D eigenvalue weighted by Crippen LogP contribution is 2.15. The van der Waals surface area contributed by atoms with Crippen LogP contribution in [0.3, 0.4) is 0 Å². The SMILES string of the molecule is CCCCCCC(Cc1ccc(OC)cc1)NCCC. The van der Waals surface area contributed by atoms with E-state index < -0.39 is 0 Å². The predicted molar refractivity (Wildman–Crippen MR) is 87.5 cm³/mol. The predicted octanol–water partition coefficient (Wildman–Crippen LogP) is 4.58. The largest absolute Gasteiger partial charge is 0.497 e. The van der Waals surface area contributed by atoms with Gasteiger partial charge in [0.15, 0.2) is 0 Å². The summed E-state index contributed by atoms with van der Waals surface area (Å²) >= 11 is 0. The van der Waals surface area contributed by atoms with E-state index in [-0.39, 0.29) is 0 Å². The number of rotatable bonds is 11. The van der Waals surface area contributed by atoms with Gasteiger partial charge in [-0.15, -0.1) is 0 Å². The maximum absolute atomic E-state index is 5.22. The zero-order chi connectivity index (χ0) is 14.6. The van der Waals surface area contributed by atoms with Gasteiger partial charge in [0.05, 0.1) is 7.11 Å². The van der Waals surface area contributed by atoms with Crippen LogP contribution in [-0.2, 0) is 6.42 Å². The molecule has 1 rings (SSSR count). The Morgan fingerprint density at radius 1 is 1.00 bits per heavy atom. The van der Waals surface area contributed by atoms with Gasteiger partial charge in [0.2, 0.25) is 0 Å². The Balaban J connectivity index is 2.44. The Labute approximate surface area is 124 Å². The summed E-state index contributed by atoms with van der Waals surface area (Å²) in [6.07, 6.45) is 8.99. The summed E-state index contributed by atoms with van der Waals surface area (Å²) in [5, 5.41) is 3.69. The maximum Gasteiger partial charge on any atom is 0.118 e. The minimum atomic E-state index is 0.611. The summed E-state index contributed by atoms with van der Waals surface area (Å²) in [6.45, 7) is 5.62. The van der Waals surface area contributed by atoms with Gasteiger partial charge in [-0.3, -0.25) is 0 Å². The van der Waals surface area contributed by atoms with E-state index in [1.807, 2.05) is 0 Å². The fraction of sp³-hybridized carbons (Fsp3) is 0.667. The molecule has 1 unspecified atom stereocenters. The van der Waals surface area contributed by atoms with Crippen molar-refractivity contribution in [1.82, 2.24) is 5.32 Å². The highest BCUT2D eigenvalue weighted by Gasteiger charge is 2.08. The van der Waals surface area contributed by atoms with Crippen LogP contribution in [0, 0.1) is 0 Å². The lowest BCUT2D eigenvalue weighted by molar-refractivity contribution is 0.414. The molecule has 0 heterocycles. The molecule has 0 amide bonds. The molecule has 0 bridgehead atoms. The van der Waals surface area contributed by atoms with E-state index in [1.54, 1.807) is 7.11 Å². The first-order chi connectivity index (χ1) is 9.80. The van der Waals surface area contributed by atoms with Gasteiger partial charge in [-0.2, -0.15) is 0 Å². The molecule has 0 aliphatic rings. The molecule has 0 saturated heterocycles. The Morgan fingerprint density at radius 3 is 2.35 bits per heavy atom. The van der Waals surface area contributed by atoms with Crippen LogP contribution in [-0.4, -0.2) is 19.7 Å². The first kappa shape index (κ1) is 17.0. The monoisotopic (exact) mass is 277 g/mol. The molecule has 20 heavy (non-hydrogen) atoms. The number of ether oxygens (including phenoxy) is 1. The van der Waals surface area contributed by atoms with Gasteiger partial charge in [0.1, 0.15) is 5.75 Å². The van der Waals surface area contributed by atoms with Crippen LogP contribution in [0.4, 0.5) is 0 Å². The lowest BCUT2D eigenvalue weighted by atomic mass is 10.00. The summed E-state index contributed by atoms with van der Waals surface area (Å²) in [4.78, 5) is 0. The number of methoxy groups -OCH3 is 1. The van der Waals surface area contributed by atoms with Crippen molar-refractivity contribution >= 4 is 0 Å². The third-order valence-corrected chi connectivity index (χ3v) is 3.73. The number of hydrogen-bond acceptors (Lipinski definition) is 2. The summed E-state index contributed by atoms with van der Waals surface area (Å²) in [6, 6.07) is 9.10. The van der Waals surface area contributed by atoms with Crippen molar-refractivity contribution in [2.45, 2.75) is 64.8 Å². The molecule has 1 atom stereocenters. The van der Waals surface area contributed by atoms with E-state index in [0.717, 1.165) is 18.7 Å². The van der Waals surface area contributed by atoms with E-state index in [9.17, 15) is 0 Å². The molecule has 0 fully saturated rings. The second-order valence-electron chi connectivity index (χ2n) is 5.55. The molecular formula is C18H31NO. The normalized spacial score (nSPS) is 12.3. The van der Waals surface area contributed by atoms with Gasteiger partial charge in [-0.1, -0.05) is 51.7 Å². The van der Waals surface area contributed by atoms with E-state index in [0.29, 0.717) is 6.04 Å². The van der Waals surface area contributed by atoms with Crippen LogP contribution in [0.2, 0.25) is 0 Å². The molecule has 0 radical (unpaired) electrons. The molecule has 0 spiro atoms. The maximum atomic E-state index is 5.22. The van der Waals surface area contributed by atoms with E-state index in [4.69, 9.17) is 4.74 Å². The summed E-state index contributed by atoms with van der Waals surface area (Å²) in [5.41, 5.74) is 1.40. The fourth-order valence-corrected chi connectivity index (χ4v) is 2.49. The van der Waals surface area contributed by atoms with Crippen LogP contribution in [0.1, 0.15) is 57.9 Å². The molecule has 1 aromatic carbocycles. The van der Waals surface area contributed by atoms with Gasteiger partial charge in [-0.05, 0) is 43.5 Å². The van der Waals surface area contributed by atoms with E-state index >= 15 is 0 Å². The van der Waals surface area contributed by atoms with Gasteiger partial charge < -0.3 is 10.1 Å². The number of benzene rings is 1. The molecule has 1 aromatic rings. The van der Waals surface area contributed by atoms with Crippen LogP contribution in [0.15, 0.2) is 24.3 Å². The quantitative estimate of drug-likeness (QED) is 0.598. The Bertz CT molecular complexity index is 334. The minimum Gasteiger partial charge on any atom is -0.497 e. The van der Waals surface area contributed by atoms with E-state index in [2.05, 4.69) is 43.4 Å². The second kappa shape index (κ2) is 10.7. The van der Waals surface area contributed by atoms with Crippen molar-refractivity contribution in [3.8, 4) is 5.75 Å².